The molecule has 0 aliphatic carbocycles. The number of nitrogens with one attached hydrogen (secondary N) is 1. The summed E-state index contributed by atoms with van der Waals surface area (Å²) in [6.45, 7) is 7.74. The Labute approximate surface area is 203 Å². The van der Waals surface area contributed by atoms with Crippen molar-refractivity contribution in [1.82, 2.24) is 20.3 Å². The highest BCUT2D eigenvalue weighted by Crippen LogP contribution is 2.37. The monoisotopic (exact) mass is 486 g/mol. The van der Waals surface area contributed by atoms with Crippen LogP contribution in [0.15, 0.2) is 42.5 Å². The molecule has 3 aromatic rings. The summed E-state index contributed by atoms with van der Waals surface area (Å²) >= 11 is 0. The predicted octanol–water partition coefficient (Wildman–Crippen LogP) is 5.85. The van der Waals surface area contributed by atoms with E-state index in [1.807, 2.05) is 31.2 Å². The lowest BCUT2D eigenvalue weighted by Gasteiger charge is -2.26. The number of methoxy groups -OCH3 is 1. The average molecular weight is 487 g/mol. The van der Waals surface area contributed by atoms with E-state index in [9.17, 15) is 18.0 Å². The highest BCUT2D eigenvalue weighted by Gasteiger charge is 2.52. The van der Waals surface area contributed by atoms with Gasteiger partial charge in [0, 0.05) is 17.7 Å². The maximum atomic E-state index is 13.2. The fourth-order valence-electron chi connectivity index (χ4n) is 3.27. The lowest BCUT2D eigenvalue weighted by Crippen LogP contribution is -2.46. The Morgan fingerprint density at radius 3 is 2.20 bits per heavy atom. The number of carbonyl (C=O) groups excluding carboxylic acids is 1. The van der Waals surface area contributed by atoms with Crippen molar-refractivity contribution in [2.75, 3.05) is 7.11 Å². The number of carbonyl (C=O) groups is 1. The van der Waals surface area contributed by atoms with E-state index in [0.717, 1.165) is 25.0 Å². The van der Waals surface area contributed by atoms with Crippen molar-refractivity contribution in [3.05, 3.63) is 59.2 Å². The normalized spacial score (nSPS) is 12.1. The summed E-state index contributed by atoms with van der Waals surface area (Å²) in [5.41, 5.74) is 1.61. The molecule has 0 aliphatic rings. The molecule has 1 N–H and O–H groups in total. The van der Waals surface area contributed by atoms with E-state index in [1.165, 1.54) is 12.7 Å². The van der Waals surface area contributed by atoms with Crippen molar-refractivity contribution >= 4 is 5.91 Å². The van der Waals surface area contributed by atoms with Crippen LogP contribution in [0.4, 0.5) is 13.2 Å². The summed E-state index contributed by atoms with van der Waals surface area (Å²) in [4.78, 5) is 25.6. The maximum absolute atomic E-state index is 13.2. The quantitative estimate of drug-likeness (QED) is 0.453. The van der Waals surface area contributed by atoms with Gasteiger partial charge in [-0.05, 0) is 49.4 Å². The molecule has 0 saturated heterocycles. The maximum Gasteiger partial charge on any atom is 0.402 e. The van der Waals surface area contributed by atoms with Crippen molar-refractivity contribution in [3.8, 4) is 28.8 Å². The van der Waals surface area contributed by atoms with Gasteiger partial charge in [-0.3, -0.25) is 4.79 Å². The van der Waals surface area contributed by atoms with Crippen LogP contribution in [0.2, 0.25) is 0 Å². The summed E-state index contributed by atoms with van der Waals surface area (Å²) in [6.07, 6.45) is -4.65. The number of ether oxygens (including phenoxy) is 1. The van der Waals surface area contributed by atoms with Crippen molar-refractivity contribution in [2.45, 2.75) is 53.3 Å². The number of hydrogen-bond acceptors (Lipinski definition) is 5. The van der Waals surface area contributed by atoms with Crippen molar-refractivity contribution in [3.63, 3.8) is 0 Å². The molecule has 0 spiro atoms. The number of aryl methyl sites for hydroxylation is 1. The van der Waals surface area contributed by atoms with E-state index in [4.69, 9.17) is 4.74 Å². The van der Waals surface area contributed by atoms with Gasteiger partial charge in [0.2, 0.25) is 5.91 Å². The predicted molar refractivity (Wildman–Crippen MR) is 128 cm³/mol. The number of hydrogen-bond donors (Lipinski definition) is 1. The van der Waals surface area contributed by atoms with Gasteiger partial charge in [-0.15, -0.1) is 0 Å². The molecule has 0 aliphatic heterocycles. The molecule has 3 rings (SSSR count). The van der Waals surface area contributed by atoms with Crippen LogP contribution in [0.3, 0.4) is 0 Å². The first kappa shape index (κ1) is 26.1. The van der Waals surface area contributed by atoms with Crippen LogP contribution in [0.25, 0.3) is 22.8 Å². The first-order valence-corrected chi connectivity index (χ1v) is 11.2. The molecule has 0 radical (unpaired) electrons. The molecule has 1 amide bonds. The van der Waals surface area contributed by atoms with Gasteiger partial charge < -0.3 is 10.1 Å². The van der Waals surface area contributed by atoms with Crippen LogP contribution >= 0.6 is 0 Å². The van der Waals surface area contributed by atoms with Crippen LogP contribution < -0.4 is 10.1 Å². The van der Waals surface area contributed by atoms with E-state index < -0.39 is 17.5 Å². The second kappa shape index (κ2) is 10.0. The third-order valence-corrected chi connectivity index (χ3v) is 5.91. The van der Waals surface area contributed by atoms with Crippen LogP contribution in [0, 0.1) is 12.3 Å². The minimum Gasteiger partial charge on any atom is -0.467 e. The lowest BCUT2D eigenvalue weighted by molar-refractivity contribution is -0.211. The largest absolute Gasteiger partial charge is 0.467 e. The molecule has 0 unspecified atom stereocenters. The number of rotatable bonds is 7. The Kier molecular flexibility index (Phi) is 7.47. The Morgan fingerprint density at radius 1 is 1.00 bits per heavy atom. The molecular weight excluding hydrogens is 457 g/mol. The van der Waals surface area contributed by atoms with Gasteiger partial charge in [0.05, 0.1) is 7.11 Å². The molecule has 1 aromatic heterocycles. The number of amides is 1. The van der Waals surface area contributed by atoms with Crippen LogP contribution in [-0.2, 0) is 11.3 Å². The summed E-state index contributed by atoms with van der Waals surface area (Å²) in [5, 5.41) is 2.38. The SMILES string of the molecule is COc1nc(-c2ccc(C(C)C)cc2)nc(-c2cc(CNC(=O)C(C)(C)C(F)(F)F)ccc2C)n1. The second-order valence-electron chi connectivity index (χ2n) is 9.20. The molecule has 0 bridgehead atoms. The third-order valence-electron chi connectivity index (χ3n) is 5.91. The first-order valence-electron chi connectivity index (χ1n) is 11.2. The van der Waals surface area contributed by atoms with Crippen molar-refractivity contribution in [2.24, 2.45) is 5.41 Å². The van der Waals surface area contributed by atoms with E-state index in [2.05, 4.69) is 34.1 Å². The summed E-state index contributed by atoms with van der Waals surface area (Å²) in [5.74, 6) is 0.0921. The van der Waals surface area contributed by atoms with Gasteiger partial charge in [0.25, 0.3) is 0 Å². The number of halogens is 3. The molecule has 2 aromatic carbocycles. The lowest BCUT2D eigenvalue weighted by atomic mass is 9.91. The fourth-order valence-corrected chi connectivity index (χ4v) is 3.27. The summed E-state index contributed by atoms with van der Waals surface area (Å²) < 4.78 is 44.8. The highest BCUT2D eigenvalue weighted by molar-refractivity contribution is 5.82. The number of nitrogens with zero attached hydrogens (tertiary/aromatic N) is 3. The minimum atomic E-state index is -4.65. The fraction of sp³-hybridized carbons (Fsp3) is 0.385. The van der Waals surface area contributed by atoms with E-state index >= 15 is 0 Å². The second-order valence-corrected chi connectivity index (χ2v) is 9.20. The van der Waals surface area contributed by atoms with Gasteiger partial charge in [-0.2, -0.15) is 23.1 Å². The van der Waals surface area contributed by atoms with E-state index in [1.54, 1.807) is 18.2 Å². The molecular formula is C26H29F3N4O2. The topological polar surface area (TPSA) is 77.0 Å². The van der Waals surface area contributed by atoms with Gasteiger partial charge >= 0.3 is 12.2 Å². The minimum absolute atomic E-state index is 0.0721. The Bertz CT molecular complexity index is 1210. The summed E-state index contributed by atoms with van der Waals surface area (Å²) in [6, 6.07) is 13.4. The zero-order valence-electron chi connectivity index (χ0n) is 20.6. The highest BCUT2D eigenvalue weighted by atomic mass is 19.4. The zero-order chi connectivity index (χ0) is 26.0. The van der Waals surface area contributed by atoms with Gasteiger partial charge in [-0.1, -0.05) is 50.2 Å². The van der Waals surface area contributed by atoms with Gasteiger partial charge in [0.1, 0.15) is 5.41 Å². The molecule has 9 heteroatoms. The number of aromatic nitrogens is 3. The van der Waals surface area contributed by atoms with Gasteiger partial charge in [-0.25, -0.2) is 4.98 Å². The number of alkyl halides is 3. The molecule has 6 nitrogen and oxygen atoms in total. The van der Waals surface area contributed by atoms with Crippen LogP contribution in [-0.4, -0.2) is 34.1 Å². The Hall–Kier alpha value is -3.49. The van der Waals surface area contributed by atoms with Crippen molar-refractivity contribution < 1.29 is 22.7 Å². The van der Waals surface area contributed by atoms with E-state index in [-0.39, 0.29) is 12.6 Å². The van der Waals surface area contributed by atoms with Crippen LogP contribution in [0.5, 0.6) is 6.01 Å². The first-order chi connectivity index (χ1) is 16.3. The van der Waals surface area contributed by atoms with Crippen molar-refractivity contribution in [1.29, 1.82) is 0 Å². The Morgan fingerprint density at radius 2 is 1.63 bits per heavy atom. The number of benzene rings is 2. The average Bonchev–Trinajstić information content (AvgIpc) is 2.82. The third kappa shape index (κ3) is 5.78. The van der Waals surface area contributed by atoms with E-state index in [0.29, 0.717) is 28.7 Å². The molecule has 35 heavy (non-hydrogen) atoms. The molecule has 186 valence electrons. The molecule has 0 fully saturated rings. The smallest absolute Gasteiger partial charge is 0.402 e. The standard InChI is InChI=1S/C26H29F3N4O2/c1-15(2)18-9-11-19(12-10-18)21-31-22(33-24(32-21)35-6)20-13-17(8-7-16(20)3)14-30-23(34)25(4,5)26(27,28)29/h7-13,15H,14H2,1-6H3,(H,30,34). The Balaban J connectivity index is 1.93. The molecule has 0 saturated carbocycles. The van der Waals surface area contributed by atoms with Crippen LogP contribution in [0.1, 0.15) is 50.3 Å². The zero-order valence-corrected chi connectivity index (χ0v) is 20.6. The van der Waals surface area contributed by atoms with Gasteiger partial charge in [0.15, 0.2) is 11.6 Å². The summed E-state index contributed by atoms with van der Waals surface area (Å²) in [7, 11) is 1.46. The molecule has 1 heterocycles. The molecule has 0 atom stereocenters.